The minimum atomic E-state index is -0.517. The molecule has 15 heavy (non-hydrogen) atoms. The van der Waals surface area contributed by atoms with Crippen LogP contribution in [0.3, 0.4) is 0 Å². The van der Waals surface area contributed by atoms with Crippen molar-refractivity contribution in [1.29, 1.82) is 0 Å². The molecule has 0 aliphatic heterocycles. The molecule has 0 radical (unpaired) electrons. The summed E-state index contributed by atoms with van der Waals surface area (Å²) in [6.45, 7) is -0.517. The lowest BCUT2D eigenvalue weighted by Gasteiger charge is -2.00. The molecular weight excluding hydrogens is 214 g/mol. The molecular formula is C9H9N3O2S. The number of thiazole rings is 1. The summed E-state index contributed by atoms with van der Waals surface area (Å²) < 4.78 is 1.45. The molecule has 1 N–H and O–H groups in total. The molecule has 2 rings (SSSR count). The lowest BCUT2D eigenvalue weighted by atomic mass is 10.1. The van der Waals surface area contributed by atoms with E-state index in [9.17, 15) is 4.79 Å². The van der Waals surface area contributed by atoms with Crippen LogP contribution in [-0.2, 0) is 7.05 Å². The van der Waals surface area contributed by atoms with Crippen LogP contribution in [0.15, 0.2) is 17.1 Å². The van der Waals surface area contributed by atoms with Crippen molar-refractivity contribution in [2.45, 2.75) is 0 Å². The number of carbonyl (C=O) groups excluding carboxylic acids is 1. The summed E-state index contributed by atoms with van der Waals surface area (Å²) in [5, 5.41) is 14.7. The summed E-state index contributed by atoms with van der Waals surface area (Å²) in [6, 6.07) is 0. The van der Waals surface area contributed by atoms with Gasteiger partial charge in [0, 0.05) is 12.4 Å². The molecule has 0 aromatic carbocycles. The Morgan fingerprint density at radius 2 is 2.47 bits per heavy atom. The van der Waals surface area contributed by atoms with E-state index in [-0.39, 0.29) is 5.78 Å². The van der Waals surface area contributed by atoms with Gasteiger partial charge in [-0.3, -0.25) is 9.48 Å². The van der Waals surface area contributed by atoms with Gasteiger partial charge in [0.15, 0.2) is 0 Å². The molecule has 0 spiro atoms. The molecule has 2 heterocycles. The Hall–Kier alpha value is -1.53. The predicted octanol–water partition coefficient (Wildman–Crippen LogP) is 0.719. The van der Waals surface area contributed by atoms with Crippen molar-refractivity contribution in [3.05, 3.63) is 22.8 Å². The first-order valence-electron chi connectivity index (χ1n) is 4.28. The molecule has 0 aliphatic carbocycles. The monoisotopic (exact) mass is 223 g/mol. The van der Waals surface area contributed by atoms with Crippen LogP contribution in [0.5, 0.6) is 0 Å². The van der Waals surface area contributed by atoms with Crippen molar-refractivity contribution in [1.82, 2.24) is 14.8 Å². The zero-order valence-corrected chi connectivity index (χ0v) is 8.86. The number of Topliss-reactive ketones (excluding diaryl/α,β-unsaturated/α-hetero) is 1. The van der Waals surface area contributed by atoms with Gasteiger partial charge in [-0.25, -0.2) is 4.98 Å². The third-order valence-corrected chi connectivity index (χ3v) is 2.64. The van der Waals surface area contributed by atoms with Gasteiger partial charge in [-0.05, 0) is 0 Å². The smallest absolute Gasteiger partial charge is 0.206 e. The fourth-order valence-corrected chi connectivity index (χ4v) is 1.93. The summed E-state index contributed by atoms with van der Waals surface area (Å²) in [5.41, 5.74) is 3.46. The normalized spacial score (nSPS) is 10.5. The van der Waals surface area contributed by atoms with Gasteiger partial charge in [-0.1, -0.05) is 0 Å². The molecule has 0 saturated carbocycles. The second kappa shape index (κ2) is 3.92. The highest BCUT2D eigenvalue weighted by molar-refractivity contribution is 7.07. The van der Waals surface area contributed by atoms with E-state index < -0.39 is 6.61 Å². The lowest BCUT2D eigenvalue weighted by molar-refractivity contribution is 0.0895. The Bertz CT molecular complexity index is 476. The molecule has 0 atom stereocenters. The van der Waals surface area contributed by atoms with Crippen LogP contribution in [0.4, 0.5) is 0 Å². The van der Waals surface area contributed by atoms with Crippen LogP contribution in [0.1, 0.15) is 10.5 Å². The molecule has 0 saturated heterocycles. The van der Waals surface area contributed by atoms with E-state index in [0.717, 1.165) is 0 Å². The van der Waals surface area contributed by atoms with Gasteiger partial charge in [0.1, 0.15) is 12.3 Å². The zero-order chi connectivity index (χ0) is 10.8. The number of aromatic nitrogens is 3. The summed E-state index contributed by atoms with van der Waals surface area (Å²) >= 11 is 1.45. The highest BCUT2D eigenvalue weighted by Gasteiger charge is 2.18. The second-order valence-corrected chi connectivity index (χ2v) is 3.70. The largest absolute Gasteiger partial charge is 0.388 e. The number of aryl methyl sites for hydroxylation is 1. The number of aliphatic hydroxyl groups is 1. The lowest BCUT2D eigenvalue weighted by Crippen LogP contribution is -2.11. The van der Waals surface area contributed by atoms with Crippen molar-refractivity contribution < 1.29 is 9.90 Å². The number of hydrogen-bond acceptors (Lipinski definition) is 5. The second-order valence-electron chi connectivity index (χ2n) is 2.99. The Morgan fingerprint density at radius 1 is 1.67 bits per heavy atom. The Morgan fingerprint density at radius 3 is 3.07 bits per heavy atom. The molecule has 0 unspecified atom stereocenters. The number of aliphatic hydroxyl groups excluding tert-OH is 1. The van der Waals surface area contributed by atoms with Crippen molar-refractivity contribution in [2.75, 3.05) is 6.61 Å². The number of nitrogens with zero attached hydrogens (tertiary/aromatic N) is 3. The summed E-state index contributed by atoms with van der Waals surface area (Å²) in [4.78, 5) is 15.6. The number of hydrogen-bond donors (Lipinski definition) is 1. The van der Waals surface area contributed by atoms with E-state index in [1.54, 1.807) is 18.8 Å². The highest BCUT2D eigenvalue weighted by atomic mass is 32.1. The van der Waals surface area contributed by atoms with Crippen molar-refractivity contribution in [3.63, 3.8) is 0 Å². The van der Waals surface area contributed by atoms with Gasteiger partial charge in [0.2, 0.25) is 5.78 Å². The van der Waals surface area contributed by atoms with Gasteiger partial charge < -0.3 is 5.11 Å². The summed E-state index contributed by atoms with van der Waals surface area (Å²) in [5.74, 6) is -0.349. The minimum absolute atomic E-state index is 0.349. The third-order valence-electron chi connectivity index (χ3n) is 2.05. The van der Waals surface area contributed by atoms with E-state index in [1.165, 1.54) is 16.0 Å². The Balaban J connectivity index is 2.54. The fraction of sp³-hybridized carbons (Fsp3) is 0.222. The van der Waals surface area contributed by atoms with E-state index >= 15 is 0 Å². The third kappa shape index (κ3) is 1.69. The molecule has 6 heteroatoms. The number of rotatable bonds is 3. The van der Waals surface area contributed by atoms with Crippen LogP contribution in [0, 0.1) is 0 Å². The van der Waals surface area contributed by atoms with Crippen LogP contribution in [0.2, 0.25) is 0 Å². The van der Waals surface area contributed by atoms with Gasteiger partial charge in [0.05, 0.1) is 23.0 Å². The van der Waals surface area contributed by atoms with Gasteiger partial charge >= 0.3 is 0 Å². The topological polar surface area (TPSA) is 68.0 Å². The highest BCUT2D eigenvalue weighted by Crippen LogP contribution is 2.22. The average molecular weight is 223 g/mol. The molecule has 2 aromatic rings. The molecule has 2 aromatic heterocycles. The molecule has 78 valence electrons. The zero-order valence-electron chi connectivity index (χ0n) is 8.04. The van der Waals surface area contributed by atoms with E-state index in [1.807, 2.05) is 5.38 Å². The minimum Gasteiger partial charge on any atom is -0.388 e. The van der Waals surface area contributed by atoms with Gasteiger partial charge in [-0.2, -0.15) is 5.10 Å². The maximum Gasteiger partial charge on any atom is 0.206 e. The first kappa shape index (κ1) is 10.0. The molecule has 0 fully saturated rings. The van der Waals surface area contributed by atoms with E-state index in [2.05, 4.69) is 10.1 Å². The van der Waals surface area contributed by atoms with Crippen LogP contribution in [-0.4, -0.2) is 32.3 Å². The van der Waals surface area contributed by atoms with Gasteiger partial charge in [-0.15, -0.1) is 11.3 Å². The molecule has 5 nitrogen and oxygen atoms in total. The van der Waals surface area contributed by atoms with Crippen molar-refractivity contribution in [3.8, 4) is 11.3 Å². The average Bonchev–Trinajstić information content (AvgIpc) is 2.85. The fourth-order valence-electron chi connectivity index (χ4n) is 1.38. The molecule has 0 amide bonds. The van der Waals surface area contributed by atoms with Crippen molar-refractivity contribution in [2.24, 2.45) is 7.05 Å². The summed E-state index contributed by atoms with van der Waals surface area (Å²) in [6.07, 6.45) is 1.58. The first-order chi connectivity index (χ1) is 7.24. The van der Waals surface area contributed by atoms with Crippen LogP contribution < -0.4 is 0 Å². The van der Waals surface area contributed by atoms with Crippen molar-refractivity contribution >= 4 is 17.1 Å². The number of ketones is 1. The maximum atomic E-state index is 11.5. The molecule has 0 bridgehead atoms. The molecule has 0 aliphatic rings. The Labute approximate surface area is 90.0 Å². The standard InChI is InChI=1S/C9H9N3O2S/c1-12-9(8(14)3-13)6(2-11-12)7-4-15-5-10-7/h2,4-5,13H,3H2,1H3. The number of carbonyl (C=O) groups is 1. The maximum absolute atomic E-state index is 11.5. The Kier molecular flexibility index (Phi) is 2.61. The van der Waals surface area contributed by atoms with E-state index in [0.29, 0.717) is 17.0 Å². The van der Waals surface area contributed by atoms with Crippen LogP contribution >= 0.6 is 11.3 Å². The summed E-state index contributed by atoms with van der Waals surface area (Å²) in [7, 11) is 1.67. The van der Waals surface area contributed by atoms with Gasteiger partial charge in [0.25, 0.3) is 0 Å². The van der Waals surface area contributed by atoms with E-state index in [4.69, 9.17) is 5.11 Å². The van der Waals surface area contributed by atoms with Crippen LogP contribution in [0.25, 0.3) is 11.3 Å². The SMILES string of the molecule is Cn1ncc(-c2cscn2)c1C(=O)CO. The quantitative estimate of drug-likeness (QED) is 0.778. The predicted molar refractivity (Wildman–Crippen MR) is 55.7 cm³/mol. The first-order valence-corrected chi connectivity index (χ1v) is 5.23.